The summed E-state index contributed by atoms with van der Waals surface area (Å²) in [6, 6.07) is 12.2. The van der Waals surface area contributed by atoms with Crippen LogP contribution in [0.15, 0.2) is 55.1 Å². The fourth-order valence-corrected chi connectivity index (χ4v) is 3.03. The lowest BCUT2D eigenvalue weighted by atomic mass is 9.89. The lowest BCUT2D eigenvalue weighted by Gasteiger charge is -2.28. The standard InChI is InChI=1S/C22H24ClN3O4/c1-5-20(28)30-21(19(27)13-22(2,3)4)29-16-9-7-15(8-10-16)26-24-17-11-6-14(23)12-18(17)25-26/h5-12,19,21,27H,1,13H2,2-4H3. The second-order valence-electron chi connectivity index (χ2n) is 8.08. The maximum atomic E-state index is 11.7. The highest BCUT2D eigenvalue weighted by Gasteiger charge is 2.29. The number of benzene rings is 2. The number of ether oxygens (including phenoxy) is 2. The second kappa shape index (κ2) is 8.85. The Labute approximate surface area is 179 Å². The first-order valence-corrected chi connectivity index (χ1v) is 9.83. The molecule has 7 nitrogen and oxygen atoms in total. The van der Waals surface area contributed by atoms with Crippen LogP contribution < -0.4 is 4.74 Å². The van der Waals surface area contributed by atoms with E-state index in [0.717, 1.165) is 11.6 Å². The molecule has 2 unspecified atom stereocenters. The van der Waals surface area contributed by atoms with E-state index in [1.807, 2.05) is 20.8 Å². The van der Waals surface area contributed by atoms with E-state index in [1.165, 1.54) is 4.80 Å². The van der Waals surface area contributed by atoms with Gasteiger partial charge in [-0.3, -0.25) is 0 Å². The topological polar surface area (TPSA) is 86.5 Å². The lowest BCUT2D eigenvalue weighted by molar-refractivity contribution is -0.177. The average Bonchev–Trinajstić information content (AvgIpc) is 3.09. The maximum absolute atomic E-state index is 11.7. The highest BCUT2D eigenvalue weighted by molar-refractivity contribution is 6.31. The van der Waals surface area contributed by atoms with Crippen molar-refractivity contribution in [3.63, 3.8) is 0 Å². The number of rotatable bonds is 7. The third-order valence-electron chi connectivity index (χ3n) is 4.20. The quantitative estimate of drug-likeness (QED) is 0.342. The molecule has 1 aromatic heterocycles. The van der Waals surface area contributed by atoms with Gasteiger partial charge in [-0.2, -0.15) is 4.80 Å². The highest BCUT2D eigenvalue weighted by Crippen LogP contribution is 2.25. The van der Waals surface area contributed by atoms with E-state index in [2.05, 4.69) is 16.8 Å². The number of aliphatic hydroxyl groups is 1. The van der Waals surface area contributed by atoms with Crippen LogP contribution in [0, 0.1) is 5.41 Å². The van der Waals surface area contributed by atoms with Crippen LogP contribution in [0.1, 0.15) is 27.2 Å². The zero-order valence-corrected chi connectivity index (χ0v) is 17.8. The van der Waals surface area contributed by atoms with Crippen LogP contribution in [-0.2, 0) is 9.53 Å². The molecule has 0 spiro atoms. The molecule has 0 saturated carbocycles. The molecule has 3 aromatic rings. The van der Waals surface area contributed by atoms with E-state index in [0.29, 0.717) is 28.4 Å². The van der Waals surface area contributed by atoms with Crippen molar-refractivity contribution in [1.29, 1.82) is 0 Å². The summed E-state index contributed by atoms with van der Waals surface area (Å²) in [5.41, 5.74) is 1.94. The molecule has 0 saturated heterocycles. The van der Waals surface area contributed by atoms with Crippen molar-refractivity contribution in [1.82, 2.24) is 15.0 Å². The van der Waals surface area contributed by atoms with Crippen LogP contribution in [-0.4, -0.2) is 38.5 Å². The zero-order chi connectivity index (χ0) is 21.9. The molecule has 0 bridgehead atoms. The van der Waals surface area contributed by atoms with Gasteiger partial charge < -0.3 is 14.6 Å². The van der Waals surface area contributed by atoms with Crippen molar-refractivity contribution in [3.05, 3.63) is 60.1 Å². The summed E-state index contributed by atoms with van der Waals surface area (Å²) in [7, 11) is 0. The van der Waals surface area contributed by atoms with E-state index < -0.39 is 18.4 Å². The Hall–Kier alpha value is -2.90. The monoisotopic (exact) mass is 429 g/mol. The number of hydrogen-bond acceptors (Lipinski definition) is 6. The molecule has 2 atom stereocenters. The van der Waals surface area contributed by atoms with E-state index in [1.54, 1.807) is 42.5 Å². The molecule has 8 heteroatoms. The molecule has 0 aliphatic heterocycles. The van der Waals surface area contributed by atoms with Gasteiger partial charge in [-0.25, -0.2) is 4.79 Å². The summed E-state index contributed by atoms with van der Waals surface area (Å²) < 4.78 is 11.0. The maximum Gasteiger partial charge on any atom is 0.333 e. The lowest BCUT2D eigenvalue weighted by Crippen LogP contribution is -2.38. The number of aromatic nitrogens is 3. The van der Waals surface area contributed by atoms with Gasteiger partial charge in [0, 0.05) is 11.1 Å². The van der Waals surface area contributed by atoms with Crippen molar-refractivity contribution in [2.45, 2.75) is 39.6 Å². The summed E-state index contributed by atoms with van der Waals surface area (Å²) in [6.45, 7) is 9.32. The predicted octanol–water partition coefficient (Wildman–Crippen LogP) is 4.31. The van der Waals surface area contributed by atoms with Gasteiger partial charge in [-0.1, -0.05) is 39.0 Å². The molecule has 158 valence electrons. The predicted molar refractivity (Wildman–Crippen MR) is 115 cm³/mol. The van der Waals surface area contributed by atoms with Crippen LogP contribution >= 0.6 is 11.6 Å². The Bertz CT molecular complexity index is 1040. The fraction of sp³-hybridized carbons (Fsp3) is 0.318. The highest BCUT2D eigenvalue weighted by atomic mass is 35.5. The Morgan fingerprint density at radius 3 is 2.50 bits per heavy atom. The van der Waals surface area contributed by atoms with Crippen molar-refractivity contribution < 1.29 is 19.4 Å². The molecule has 1 N–H and O–H groups in total. The van der Waals surface area contributed by atoms with Gasteiger partial charge >= 0.3 is 5.97 Å². The number of nitrogens with zero attached hydrogens (tertiary/aromatic N) is 3. The Morgan fingerprint density at radius 2 is 1.87 bits per heavy atom. The first kappa shape index (κ1) is 21.8. The largest absolute Gasteiger partial charge is 0.452 e. The van der Waals surface area contributed by atoms with Crippen molar-refractivity contribution in [2.24, 2.45) is 5.41 Å². The number of aliphatic hydroxyl groups excluding tert-OH is 1. The third kappa shape index (κ3) is 5.58. The van der Waals surface area contributed by atoms with E-state index in [9.17, 15) is 9.90 Å². The second-order valence-corrected chi connectivity index (χ2v) is 8.51. The van der Waals surface area contributed by atoms with Crippen LogP contribution in [0.5, 0.6) is 5.75 Å². The minimum atomic E-state index is -1.16. The van der Waals surface area contributed by atoms with Gasteiger partial charge in [0.2, 0.25) is 0 Å². The van der Waals surface area contributed by atoms with Gasteiger partial charge in [-0.05, 0) is 54.3 Å². The molecule has 0 aliphatic carbocycles. The third-order valence-corrected chi connectivity index (χ3v) is 4.43. The van der Waals surface area contributed by atoms with Crippen molar-refractivity contribution in [3.8, 4) is 11.4 Å². The van der Waals surface area contributed by atoms with Gasteiger partial charge in [-0.15, -0.1) is 10.2 Å². The normalized spacial score (nSPS) is 13.6. The number of fused-ring (bicyclic) bond motifs is 1. The number of carbonyl (C=O) groups is 1. The molecule has 0 aliphatic rings. The molecule has 1 heterocycles. The Morgan fingerprint density at radius 1 is 1.20 bits per heavy atom. The summed E-state index contributed by atoms with van der Waals surface area (Å²) in [6.07, 6.45) is -0.750. The molecular weight excluding hydrogens is 406 g/mol. The molecule has 0 amide bonds. The van der Waals surface area contributed by atoms with Crippen LogP contribution in [0.4, 0.5) is 0 Å². The summed E-state index contributed by atoms with van der Waals surface area (Å²) >= 11 is 6.00. The van der Waals surface area contributed by atoms with E-state index >= 15 is 0 Å². The molecular formula is C22H24ClN3O4. The average molecular weight is 430 g/mol. The zero-order valence-electron chi connectivity index (χ0n) is 17.1. The van der Waals surface area contributed by atoms with Crippen molar-refractivity contribution in [2.75, 3.05) is 0 Å². The van der Waals surface area contributed by atoms with Crippen molar-refractivity contribution >= 4 is 28.6 Å². The molecule has 3 rings (SSSR count). The van der Waals surface area contributed by atoms with E-state index in [4.69, 9.17) is 21.1 Å². The number of esters is 1. The molecule has 0 radical (unpaired) electrons. The van der Waals surface area contributed by atoms with E-state index in [-0.39, 0.29) is 5.41 Å². The Kier molecular flexibility index (Phi) is 6.43. The molecule has 2 aromatic carbocycles. The first-order valence-electron chi connectivity index (χ1n) is 9.45. The SMILES string of the molecule is C=CC(=O)OC(Oc1ccc(-n2nc3ccc(Cl)cc3n2)cc1)C(O)CC(C)(C)C. The summed E-state index contributed by atoms with van der Waals surface area (Å²) in [5.74, 6) is -0.246. The molecule has 30 heavy (non-hydrogen) atoms. The van der Waals surface area contributed by atoms with Gasteiger partial charge in [0.15, 0.2) is 0 Å². The number of carbonyl (C=O) groups excluding carboxylic acids is 1. The van der Waals surface area contributed by atoms with Crippen LogP contribution in [0.2, 0.25) is 5.02 Å². The van der Waals surface area contributed by atoms with Crippen LogP contribution in [0.25, 0.3) is 16.7 Å². The van der Waals surface area contributed by atoms with Gasteiger partial charge in [0.05, 0.1) is 5.69 Å². The first-order chi connectivity index (χ1) is 14.1. The summed E-state index contributed by atoms with van der Waals surface area (Å²) in [4.78, 5) is 13.2. The number of halogens is 1. The van der Waals surface area contributed by atoms with Gasteiger partial charge in [0.1, 0.15) is 22.9 Å². The van der Waals surface area contributed by atoms with Crippen LogP contribution in [0.3, 0.4) is 0 Å². The minimum absolute atomic E-state index is 0.178. The smallest absolute Gasteiger partial charge is 0.333 e. The molecule has 0 fully saturated rings. The Balaban J connectivity index is 1.78. The minimum Gasteiger partial charge on any atom is -0.452 e. The number of hydrogen-bond donors (Lipinski definition) is 1. The fourth-order valence-electron chi connectivity index (χ4n) is 2.86. The van der Waals surface area contributed by atoms with Gasteiger partial charge in [0.25, 0.3) is 6.29 Å². The summed E-state index contributed by atoms with van der Waals surface area (Å²) in [5, 5.41) is 19.9.